The first-order valence-corrected chi connectivity index (χ1v) is 9.53. The second kappa shape index (κ2) is 8.71. The van der Waals surface area contributed by atoms with Gasteiger partial charge < -0.3 is 15.2 Å². The second-order valence-corrected chi connectivity index (χ2v) is 7.25. The third-order valence-corrected chi connectivity index (χ3v) is 4.64. The molecule has 3 aromatic rings. The van der Waals surface area contributed by atoms with E-state index in [1.807, 2.05) is 12.4 Å². The van der Waals surface area contributed by atoms with Crippen molar-refractivity contribution < 1.29 is 0 Å². The minimum Gasteiger partial charge on any atom is -0.350 e. The zero-order valence-corrected chi connectivity index (χ0v) is 16.6. The average molecular weight is 364 g/mol. The summed E-state index contributed by atoms with van der Waals surface area (Å²) in [6.45, 7) is 8.19. The van der Waals surface area contributed by atoms with Crippen molar-refractivity contribution in [3.8, 4) is 0 Å². The summed E-state index contributed by atoms with van der Waals surface area (Å²) in [6, 6.07) is 15.0. The maximum absolute atomic E-state index is 4.47. The van der Waals surface area contributed by atoms with Gasteiger partial charge in [0.05, 0.1) is 12.6 Å². The average Bonchev–Trinajstić information content (AvgIpc) is 3.10. The summed E-state index contributed by atoms with van der Waals surface area (Å²) in [5.41, 5.74) is 1.26. The molecule has 1 aromatic heterocycles. The van der Waals surface area contributed by atoms with E-state index in [2.05, 4.69) is 88.4 Å². The Hall–Kier alpha value is -2.82. The first kappa shape index (κ1) is 19.0. The maximum Gasteiger partial charge on any atom is 0.191 e. The largest absolute Gasteiger partial charge is 0.350 e. The van der Waals surface area contributed by atoms with Gasteiger partial charge in [-0.25, -0.2) is 4.98 Å². The highest BCUT2D eigenvalue weighted by Crippen LogP contribution is 2.23. The molecule has 1 unspecified atom stereocenters. The number of hydrogen-bond donors (Lipinski definition) is 2. The minimum absolute atomic E-state index is 0.137. The molecule has 0 aliphatic rings. The van der Waals surface area contributed by atoms with Crippen LogP contribution in [0.2, 0.25) is 0 Å². The van der Waals surface area contributed by atoms with Crippen molar-refractivity contribution >= 4 is 16.7 Å². The van der Waals surface area contributed by atoms with E-state index in [4.69, 9.17) is 0 Å². The highest BCUT2D eigenvalue weighted by atomic mass is 15.2. The Morgan fingerprint density at radius 1 is 1.11 bits per heavy atom. The van der Waals surface area contributed by atoms with Gasteiger partial charge in [0.25, 0.3) is 0 Å². The van der Waals surface area contributed by atoms with Crippen molar-refractivity contribution in [2.24, 2.45) is 10.9 Å². The number of aromatic nitrogens is 2. The smallest absolute Gasteiger partial charge is 0.191 e. The summed E-state index contributed by atoms with van der Waals surface area (Å²) in [5, 5.41) is 9.41. The summed E-state index contributed by atoms with van der Waals surface area (Å²) < 4.78 is 2.19. The van der Waals surface area contributed by atoms with Gasteiger partial charge in [0.2, 0.25) is 0 Å². The number of nitrogens with zero attached hydrogens (tertiary/aromatic N) is 3. The summed E-state index contributed by atoms with van der Waals surface area (Å²) in [5.74, 6) is 2.38. The highest BCUT2D eigenvalue weighted by molar-refractivity contribution is 5.87. The predicted molar refractivity (Wildman–Crippen MR) is 113 cm³/mol. The first-order chi connectivity index (χ1) is 13.1. The SMILES string of the molecule is CN=C(NCc1nccn1CC(C)C)NC(C)c1cccc2ccccc12. The zero-order chi connectivity index (χ0) is 19.2. The lowest BCUT2D eigenvalue weighted by molar-refractivity contribution is 0.503. The molecule has 1 heterocycles. The third-order valence-electron chi connectivity index (χ3n) is 4.64. The quantitative estimate of drug-likeness (QED) is 0.512. The van der Waals surface area contributed by atoms with E-state index in [0.717, 1.165) is 18.3 Å². The van der Waals surface area contributed by atoms with E-state index in [0.29, 0.717) is 12.5 Å². The number of guanidine groups is 1. The lowest BCUT2D eigenvalue weighted by Gasteiger charge is -2.20. The number of hydrogen-bond acceptors (Lipinski definition) is 2. The summed E-state index contributed by atoms with van der Waals surface area (Å²) >= 11 is 0. The van der Waals surface area contributed by atoms with E-state index in [1.165, 1.54) is 16.3 Å². The Bertz CT molecular complexity index is 904. The molecule has 0 fully saturated rings. The van der Waals surface area contributed by atoms with Crippen molar-refractivity contribution in [1.29, 1.82) is 0 Å². The van der Waals surface area contributed by atoms with Crippen LogP contribution in [0, 0.1) is 5.92 Å². The fourth-order valence-electron chi connectivity index (χ4n) is 3.34. The van der Waals surface area contributed by atoms with E-state index >= 15 is 0 Å². The summed E-state index contributed by atoms with van der Waals surface area (Å²) in [4.78, 5) is 8.85. The highest BCUT2D eigenvalue weighted by Gasteiger charge is 2.12. The van der Waals surface area contributed by atoms with E-state index in [9.17, 15) is 0 Å². The van der Waals surface area contributed by atoms with Gasteiger partial charge in [-0.3, -0.25) is 4.99 Å². The predicted octanol–water partition coefficient (Wildman–Crippen LogP) is 4.12. The van der Waals surface area contributed by atoms with Gasteiger partial charge in [-0.05, 0) is 29.2 Å². The van der Waals surface area contributed by atoms with Gasteiger partial charge >= 0.3 is 0 Å². The van der Waals surface area contributed by atoms with Gasteiger partial charge in [-0.15, -0.1) is 0 Å². The molecule has 5 heteroatoms. The summed E-state index contributed by atoms with van der Waals surface area (Å²) in [7, 11) is 1.80. The summed E-state index contributed by atoms with van der Waals surface area (Å²) in [6.07, 6.45) is 3.89. The van der Waals surface area contributed by atoms with Crippen molar-refractivity contribution in [1.82, 2.24) is 20.2 Å². The van der Waals surface area contributed by atoms with Crippen LogP contribution in [0.1, 0.15) is 38.2 Å². The van der Waals surface area contributed by atoms with Crippen LogP contribution in [0.15, 0.2) is 59.9 Å². The van der Waals surface area contributed by atoms with Crippen LogP contribution < -0.4 is 10.6 Å². The molecule has 1 atom stereocenters. The monoisotopic (exact) mass is 363 g/mol. The molecule has 0 aliphatic carbocycles. The molecule has 0 radical (unpaired) electrons. The fraction of sp³-hybridized carbons (Fsp3) is 0.364. The Labute approximate surface area is 161 Å². The van der Waals surface area contributed by atoms with Crippen LogP contribution in [0.4, 0.5) is 0 Å². The van der Waals surface area contributed by atoms with Crippen LogP contribution in [0.3, 0.4) is 0 Å². The van der Waals surface area contributed by atoms with E-state index in [-0.39, 0.29) is 6.04 Å². The van der Waals surface area contributed by atoms with Crippen LogP contribution in [0.5, 0.6) is 0 Å². The number of nitrogens with one attached hydrogen (secondary N) is 2. The Morgan fingerprint density at radius 2 is 1.89 bits per heavy atom. The van der Waals surface area contributed by atoms with Crippen molar-refractivity contribution in [2.45, 2.75) is 39.9 Å². The lowest BCUT2D eigenvalue weighted by Crippen LogP contribution is -2.38. The maximum atomic E-state index is 4.47. The second-order valence-electron chi connectivity index (χ2n) is 7.25. The van der Waals surface area contributed by atoms with Gasteiger partial charge in [0.1, 0.15) is 5.82 Å². The number of rotatable bonds is 6. The Balaban J connectivity index is 1.68. The molecule has 2 aromatic carbocycles. The molecule has 0 spiro atoms. The standard InChI is InChI=1S/C22H29N5/c1-16(2)15-27-13-12-24-21(27)14-25-22(23-4)26-17(3)19-11-7-9-18-8-5-6-10-20(18)19/h5-13,16-17H,14-15H2,1-4H3,(H2,23,25,26). The molecule has 0 amide bonds. The van der Waals surface area contributed by atoms with Crippen LogP contribution in [0.25, 0.3) is 10.8 Å². The van der Waals surface area contributed by atoms with Gasteiger partial charge in [-0.1, -0.05) is 56.3 Å². The third kappa shape index (κ3) is 4.67. The zero-order valence-electron chi connectivity index (χ0n) is 16.6. The van der Waals surface area contributed by atoms with Gasteiger partial charge in [0, 0.05) is 26.0 Å². The Kier molecular flexibility index (Phi) is 6.12. The fourth-order valence-corrected chi connectivity index (χ4v) is 3.34. The van der Waals surface area contributed by atoms with E-state index in [1.54, 1.807) is 7.05 Å². The molecular weight excluding hydrogens is 334 g/mol. The van der Waals surface area contributed by atoms with Crippen molar-refractivity contribution in [3.05, 3.63) is 66.2 Å². The number of aliphatic imine (C=N–C) groups is 1. The van der Waals surface area contributed by atoms with Gasteiger partial charge in [0.15, 0.2) is 5.96 Å². The Morgan fingerprint density at radius 3 is 2.67 bits per heavy atom. The molecule has 0 bridgehead atoms. The molecular formula is C22H29N5. The minimum atomic E-state index is 0.137. The van der Waals surface area contributed by atoms with E-state index < -0.39 is 0 Å². The molecule has 142 valence electrons. The van der Waals surface area contributed by atoms with Gasteiger partial charge in [-0.2, -0.15) is 0 Å². The molecule has 0 saturated carbocycles. The topological polar surface area (TPSA) is 54.2 Å². The number of benzene rings is 2. The van der Waals surface area contributed by atoms with Crippen molar-refractivity contribution in [2.75, 3.05) is 7.05 Å². The normalized spacial score (nSPS) is 13.1. The molecule has 2 N–H and O–H groups in total. The van der Waals surface area contributed by atoms with Crippen molar-refractivity contribution in [3.63, 3.8) is 0 Å². The molecule has 0 saturated heterocycles. The number of imidazole rings is 1. The number of fused-ring (bicyclic) bond motifs is 1. The lowest BCUT2D eigenvalue weighted by atomic mass is 10.00. The molecule has 5 nitrogen and oxygen atoms in total. The van der Waals surface area contributed by atoms with Crippen LogP contribution >= 0.6 is 0 Å². The molecule has 0 aliphatic heterocycles. The molecule has 3 rings (SSSR count). The molecule has 27 heavy (non-hydrogen) atoms. The van der Waals surface area contributed by atoms with Crippen LogP contribution in [-0.4, -0.2) is 22.6 Å². The first-order valence-electron chi connectivity index (χ1n) is 9.53. The van der Waals surface area contributed by atoms with Crippen LogP contribution in [-0.2, 0) is 13.1 Å².